The van der Waals surface area contributed by atoms with Crippen molar-refractivity contribution >= 4 is 5.69 Å². The zero-order chi connectivity index (χ0) is 10.8. The summed E-state index contributed by atoms with van der Waals surface area (Å²) in [5.74, 6) is -0.186. The molecule has 1 aliphatic rings. The third-order valence-corrected chi connectivity index (χ3v) is 3.14. The minimum absolute atomic E-state index is 0.186. The summed E-state index contributed by atoms with van der Waals surface area (Å²) in [5, 5.41) is 0. The van der Waals surface area contributed by atoms with Crippen LogP contribution in [0.5, 0.6) is 0 Å². The molecular formula is C12H17FN2. The molecule has 1 aliphatic heterocycles. The summed E-state index contributed by atoms with van der Waals surface area (Å²) in [7, 11) is 0. The molecule has 0 amide bonds. The van der Waals surface area contributed by atoms with Crippen LogP contribution in [0.1, 0.15) is 25.3 Å². The van der Waals surface area contributed by atoms with E-state index in [0.717, 1.165) is 12.2 Å². The molecule has 0 bridgehead atoms. The first-order valence-electron chi connectivity index (χ1n) is 5.47. The molecule has 3 heteroatoms. The lowest BCUT2D eigenvalue weighted by molar-refractivity contribution is 0.609. The molecule has 0 radical (unpaired) electrons. The molecule has 2 N–H and O–H groups in total. The SMILES string of the molecule is CC1CCCN1c1ccc(CN)c(F)c1. The van der Waals surface area contributed by atoms with Crippen molar-refractivity contribution in [3.8, 4) is 0 Å². The summed E-state index contributed by atoms with van der Waals surface area (Å²) >= 11 is 0. The maximum absolute atomic E-state index is 13.5. The van der Waals surface area contributed by atoms with Gasteiger partial charge in [-0.2, -0.15) is 0 Å². The van der Waals surface area contributed by atoms with Crippen LogP contribution in [0.25, 0.3) is 0 Å². The van der Waals surface area contributed by atoms with Gasteiger partial charge in [0.05, 0.1) is 0 Å². The number of anilines is 1. The number of hydrogen-bond donors (Lipinski definition) is 1. The first-order valence-corrected chi connectivity index (χ1v) is 5.47. The quantitative estimate of drug-likeness (QED) is 0.807. The lowest BCUT2D eigenvalue weighted by Gasteiger charge is -2.24. The van der Waals surface area contributed by atoms with E-state index in [0.29, 0.717) is 11.6 Å². The van der Waals surface area contributed by atoms with E-state index in [1.54, 1.807) is 12.1 Å². The third kappa shape index (κ3) is 1.97. The summed E-state index contributed by atoms with van der Waals surface area (Å²) in [6, 6.07) is 5.88. The molecule has 1 aromatic carbocycles. The highest BCUT2D eigenvalue weighted by Crippen LogP contribution is 2.26. The van der Waals surface area contributed by atoms with Gasteiger partial charge in [-0.25, -0.2) is 4.39 Å². The molecule has 1 aromatic rings. The Morgan fingerprint density at radius 3 is 2.87 bits per heavy atom. The van der Waals surface area contributed by atoms with Crippen molar-refractivity contribution in [2.45, 2.75) is 32.4 Å². The van der Waals surface area contributed by atoms with Crippen molar-refractivity contribution in [1.29, 1.82) is 0 Å². The van der Waals surface area contributed by atoms with E-state index < -0.39 is 0 Å². The Labute approximate surface area is 89.9 Å². The third-order valence-electron chi connectivity index (χ3n) is 3.14. The zero-order valence-electron chi connectivity index (χ0n) is 9.04. The normalized spacial score (nSPS) is 21.0. The average Bonchev–Trinajstić information content (AvgIpc) is 2.64. The molecule has 15 heavy (non-hydrogen) atoms. The maximum Gasteiger partial charge on any atom is 0.129 e. The fourth-order valence-corrected chi connectivity index (χ4v) is 2.20. The summed E-state index contributed by atoms with van der Waals surface area (Å²) in [6.07, 6.45) is 2.39. The van der Waals surface area contributed by atoms with Crippen molar-refractivity contribution in [2.75, 3.05) is 11.4 Å². The average molecular weight is 208 g/mol. The summed E-state index contributed by atoms with van der Waals surface area (Å²) < 4.78 is 13.5. The molecule has 0 aromatic heterocycles. The van der Waals surface area contributed by atoms with Gasteiger partial charge < -0.3 is 10.6 Å². The summed E-state index contributed by atoms with van der Waals surface area (Å²) in [6.45, 7) is 3.48. The Hall–Kier alpha value is -1.09. The standard InChI is InChI=1S/C12H17FN2/c1-9-3-2-6-15(9)11-5-4-10(8-14)12(13)7-11/h4-5,7,9H,2-3,6,8,14H2,1H3. The molecule has 1 atom stereocenters. The van der Waals surface area contributed by atoms with Crippen molar-refractivity contribution in [3.63, 3.8) is 0 Å². The predicted molar refractivity (Wildman–Crippen MR) is 60.3 cm³/mol. The molecule has 0 saturated carbocycles. The second-order valence-electron chi connectivity index (χ2n) is 4.16. The fraction of sp³-hybridized carbons (Fsp3) is 0.500. The van der Waals surface area contributed by atoms with Gasteiger partial charge in [0.25, 0.3) is 0 Å². The van der Waals surface area contributed by atoms with Gasteiger partial charge in [0.15, 0.2) is 0 Å². The predicted octanol–water partition coefficient (Wildman–Crippen LogP) is 2.27. The molecule has 1 saturated heterocycles. The number of hydrogen-bond acceptors (Lipinski definition) is 2. The number of rotatable bonds is 2. The van der Waals surface area contributed by atoms with E-state index in [2.05, 4.69) is 11.8 Å². The van der Waals surface area contributed by atoms with E-state index in [9.17, 15) is 4.39 Å². The van der Waals surface area contributed by atoms with Crippen LogP contribution < -0.4 is 10.6 Å². The Morgan fingerprint density at radius 1 is 1.53 bits per heavy atom. The van der Waals surface area contributed by atoms with Crippen LogP contribution >= 0.6 is 0 Å². The molecule has 1 heterocycles. The smallest absolute Gasteiger partial charge is 0.129 e. The van der Waals surface area contributed by atoms with Gasteiger partial charge in [-0.3, -0.25) is 0 Å². The number of halogens is 1. The van der Waals surface area contributed by atoms with Crippen molar-refractivity contribution < 1.29 is 4.39 Å². The molecule has 0 aliphatic carbocycles. The second kappa shape index (κ2) is 4.19. The van der Waals surface area contributed by atoms with E-state index in [-0.39, 0.29) is 12.4 Å². The van der Waals surface area contributed by atoms with Crippen LogP contribution in [0.4, 0.5) is 10.1 Å². The monoisotopic (exact) mass is 208 g/mol. The van der Waals surface area contributed by atoms with E-state index in [1.807, 2.05) is 6.07 Å². The molecule has 2 rings (SSSR count). The molecule has 0 spiro atoms. The first-order chi connectivity index (χ1) is 7.22. The van der Waals surface area contributed by atoms with Crippen LogP contribution in [0.3, 0.4) is 0 Å². The van der Waals surface area contributed by atoms with E-state index >= 15 is 0 Å². The molecular weight excluding hydrogens is 191 g/mol. The van der Waals surface area contributed by atoms with Gasteiger partial charge in [-0.15, -0.1) is 0 Å². The van der Waals surface area contributed by atoms with Gasteiger partial charge in [0.1, 0.15) is 5.82 Å². The van der Waals surface area contributed by atoms with Gasteiger partial charge in [-0.1, -0.05) is 6.07 Å². The summed E-state index contributed by atoms with van der Waals surface area (Å²) in [5.41, 5.74) is 7.00. The van der Waals surface area contributed by atoms with Crippen molar-refractivity contribution in [2.24, 2.45) is 5.73 Å². The summed E-state index contributed by atoms with van der Waals surface area (Å²) in [4.78, 5) is 2.25. The Morgan fingerprint density at radius 2 is 2.33 bits per heavy atom. The van der Waals surface area contributed by atoms with Crippen LogP contribution in [-0.4, -0.2) is 12.6 Å². The number of nitrogens with two attached hydrogens (primary N) is 1. The lowest BCUT2D eigenvalue weighted by atomic mass is 10.1. The molecule has 82 valence electrons. The highest BCUT2D eigenvalue weighted by molar-refractivity contribution is 5.49. The number of benzene rings is 1. The van der Waals surface area contributed by atoms with Gasteiger partial charge in [0, 0.05) is 30.4 Å². The Balaban J connectivity index is 2.25. The fourth-order valence-electron chi connectivity index (χ4n) is 2.20. The van der Waals surface area contributed by atoms with Gasteiger partial charge in [0.2, 0.25) is 0 Å². The van der Waals surface area contributed by atoms with Crippen LogP contribution in [0.15, 0.2) is 18.2 Å². The van der Waals surface area contributed by atoms with Gasteiger partial charge >= 0.3 is 0 Å². The van der Waals surface area contributed by atoms with Gasteiger partial charge in [-0.05, 0) is 31.9 Å². The first kappa shape index (κ1) is 10.4. The van der Waals surface area contributed by atoms with E-state index in [4.69, 9.17) is 5.73 Å². The Kier molecular flexibility index (Phi) is 2.91. The maximum atomic E-state index is 13.5. The topological polar surface area (TPSA) is 29.3 Å². The minimum Gasteiger partial charge on any atom is -0.369 e. The molecule has 2 nitrogen and oxygen atoms in total. The van der Waals surface area contributed by atoms with Crippen molar-refractivity contribution in [3.05, 3.63) is 29.6 Å². The van der Waals surface area contributed by atoms with E-state index in [1.165, 1.54) is 12.8 Å². The van der Waals surface area contributed by atoms with Crippen LogP contribution in [0.2, 0.25) is 0 Å². The highest BCUT2D eigenvalue weighted by atomic mass is 19.1. The highest BCUT2D eigenvalue weighted by Gasteiger charge is 2.20. The minimum atomic E-state index is -0.186. The second-order valence-corrected chi connectivity index (χ2v) is 4.16. The number of nitrogens with zero attached hydrogens (tertiary/aromatic N) is 1. The lowest BCUT2D eigenvalue weighted by Crippen LogP contribution is -2.26. The molecule has 1 fully saturated rings. The van der Waals surface area contributed by atoms with Crippen LogP contribution in [-0.2, 0) is 6.54 Å². The zero-order valence-corrected chi connectivity index (χ0v) is 9.04. The van der Waals surface area contributed by atoms with Crippen LogP contribution in [0, 0.1) is 5.82 Å². The molecule has 1 unspecified atom stereocenters. The largest absolute Gasteiger partial charge is 0.369 e. The van der Waals surface area contributed by atoms with Crippen molar-refractivity contribution in [1.82, 2.24) is 0 Å². The Bertz CT molecular complexity index is 351.